The van der Waals surface area contributed by atoms with E-state index in [1.807, 2.05) is 66.7 Å². The van der Waals surface area contributed by atoms with E-state index in [0.29, 0.717) is 24.0 Å². The predicted octanol–water partition coefficient (Wildman–Crippen LogP) is -0.715. The zero-order chi connectivity index (χ0) is 48.3. The average molecular weight is 931 g/mol. The smallest absolute Gasteiger partial charge is 0.246 e. The van der Waals surface area contributed by atoms with Gasteiger partial charge in [-0.1, -0.05) is 72.8 Å². The zero-order valence-electron chi connectivity index (χ0n) is 37.9. The molecule has 1 aromatic heterocycles. The third kappa shape index (κ3) is 12.1. The number of carbonyl (C=O) groups excluding carboxylic acids is 6. The van der Waals surface area contributed by atoms with Gasteiger partial charge < -0.3 is 64.7 Å². The van der Waals surface area contributed by atoms with Crippen LogP contribution in [-0.2, 0) is 54.6 Å². The normalized spacial score (nSPS) is 23.8. The first kappa shape index (κ1) is 48.5. The van der Waals surface area contributed by atoms with Crippen LogP contribution in [0.1, 0.15) is 60.8 Å². The number of aliphatic imine (C=N–C) groups is 2. The molecule has 0 aliphatic carbocycles. The molecule has 0 radical (unpaired) electrons. The number of para-hydroxylation sites is 1. The highest BCUT2D eigenvalue weighted by Gasteiger charge is 2.46. The number of amides is 6. The molecule has 20 nitrogen and oxygen atoms in total. The lowest BCUT2D eigenvalue weighted by Crippen LogP contribution is -2.63. The SMILES string of the molecule is NC(N)=NCCCC[C@@H]1NC(=O)[C@H](Cc2c[nH]c3ccccc23)NC(=O)[C@@H](Cc2ccccc2)NC(=O)[C@H](CCCN=C(N)N)NC(=O)[C@@H]2Cc3ccccc3CN2C(=O)[C@H]2C[C@@H](N)CN2C1=O. The van der Waals surface area contributed by atoms with Crippen LogP contribution in [-0.4, -0.2) is 124 Å². The summed E-state index contributed by atoms with van der Waals surface area (Å²) in [6.45, 7) is 0.469. The molecule has 0 unspecified atom stereocenters. The van der Waals surface area contributed by atoms with Gasteiger partial charge in [-0.3, -0.25) is 38.8 Å². The number of H-pyrrole nitrogens is 1. The Morgan fingerprint density at radius 1 is 0.588 bits per heavy atom. The maximum Gasteiger partial charge on any atom is 0.246 e. The number of unbranched alkanes of at least 4 members (excludes halogenated alkanes) is 1. The monoisotopic (exact) mass is 930 g/mol. The number of benzene rings is 3. The van der Waals surface area contributed by atoms with Crippen molar-refractivity contribution in [3.8, 4) is 0 Å². The number of aromatic nitrogens is 1. The van der Waals surface area contributed by atoms with Gasteiger partial charge >= 0.3 is 0 Å². The first-order valence-electron chi connectivity index (χ1n) is 23.1. The average Bonchev–Trinajstić information content (AvgIpc) is 3.93. The lowest BCUT2D eigenvalue weighted by atomic mass is 9.92. The molecule has 7 atom stereocenters. The van der Waals surface area contributed by atoms with Crippen molar-refractivity contribution in [2.45, 2.75) is 107 Å². The molecule has 6 amide bonds. The number of nitrogens with two attached hydrogens (primary N) is 5. The van der Waals surface area contributed by atoms with Gasteiger partial charge in [0.1, 0.15) is 36.3 Å². The summed E-state index contributed by atoms with van der Waals surface area (Å²) in [7, 11) is 0. The molecule has 0 saturated carbocycles. The number of nitrogens with zero attached hydrogens (tertiary/aromatic N) is 4. The number of fused-ring (bicyclic) bond motifs is 4. The van der Waals surface area contributed by atoms with E-state index in [1.54, 1.807) is 18.3 Å². The topological polar surface area (TPSA) is 328 Å². The molecule has 2 saturated heterocycles. The fourth-order valence-corrected chi connectivity index (χ4v) is 9.30. The summed E-state index contributed by atoms with van der Waals surface area (Å²) in [4.78, 5) is 103. The molecule has 3 aliphatic rings. The number of aromatic amines is 1. The summed E-state index contributed by atoms with van der Waals surface area (Å²) in [6.07, 6.45) is 3.31. The second-order valence-corrected chi connectivity index (χ2v) is 17.7. The van der Waals surface area contributed by atoms with E-state index < -0.39 is 77.7 Å². The molecule has 4 heterocycles. The molecule has 7 rings (SSSR count). The summed E-state index contributed by atoms with van der Waals surface area (Å²) >= 11 is 0. The molecule has 15 N–H and O–H groups in total. The van der Waals surface area contributed by atoms with Crippen molar-refractivity contribution in [1.29, 1.82) is 0 Å². The molecule has 68 heavy (non-hydrogen) atoms. The van der Waals surface area contributed by atoms with Gasteiger partial charge in [0, 0.05) is 68.6 Å². The summed E-state index contributed by atoms with van der Waals surface area (Å²) in [6, 6.07) is 16.3. The summed E-state index contributed by atoms with van der Waals surface area (Å²) in [5, 5.41) is 12.5. The van der Waals surface area contributed by atoms with Crippen molar-refractivity contribution in [2.24, 2.45) is 38.7 Å². The Balaban J connectivity index is 1.31. The summed E-state index contributed by atoms with van der Waals surface area (Å²) in [5.41, 5.74) is 32.8. The van der Waals surface area contributed by atoms with Crippen molar-refractivity contribution >= 4 is 58.3 Å². The van der Waals surface area contributed by atoms with E-state index in [2.05, 4.69) is 36.2 Å². The third-order valence-corrected chi connectivity index (χ3v) is 12.8. The van der Waals surface area contributed by atoms with Crippen LogP contribution in [0.3, 0.4) is 0 Å². The molecule has 20 heteroatoms. The van der Waals surface area contributed by atoms with Crippen molar-refractivity contribution in [2.75, 3.05) is 19.6 Å². The number of carbonyl (C=O) groups is 6. The van der Waals surface area contributed by atoms with Crippen LogP contribution in [0.4, 0.5) is 0 Å². The van der Waals surface area contributed by atoms with E-state index in [4.69, 9.17) is 28.7 Å². The van der Waals surface area contributed by atoms with Gasteiger partial charge in [-0.2, -0.15) is 0 Å². The van der Waals surface area contributed by atoms with Gasteiger partial charge in [-0.15, -0.1) is 0 Å². The maximum absolute atomic E-state index is 15.0. The van der Waals surface area contributed by atoms with E-state index in [1.165, 1.54) is 9.80 Å². The number of hydrogen-bond donors (Lipinski definition) is 10. The Hall–Kier alpha value is -7.48. The Bertz CT molecular complexity index is 2520. The highest BCUT2D eigenvalue weighted by molar-refractivity contribution is 5.99. The largest absolute Gasteiger partial charge is 0.370 e. The lowest BCUT2D eigenvalue weighted by Gasteiger charge is -2.40. The second-order valence-electron chi connectivity index (χ2n) is 17.7. The minimum atomic E-state index is -1.27. The molecule has 3 aliphatic heterocycles. The lowest BCUT2D eigenvalue weighted by molar-refractivity contribution is -0.150. The van der Waals surface area contributed by atoms with Gasteiger partial charge in [0.25, 0.3) is 0 Å². The molecule has 3 aromatic carbocycles. The van der Waals surface area contributed by atoms with Crippen molar-refractivity contribution < 1.29 is 28.8 Å². The first-order valence-corrected chi connectivity index (χ1v) is 23.1. The van der Waals surface area contributed by atoms with Crippen LogP contribution in [0.15, 0.2) is 95.0 Å². The van der Waals surface area contributed by atoms with Crippen LogP contribution in [0.2, 0.25) is 0 Å². The van der Waals surface area contributed by atoms with Crippen molar-refractivity contribution in [1.82, 2.24) is 36.1 Å². The fraction of sp³-hybridized carbons (Fsp3) is 0.417. The van der Waals surface area contributed by atoms with E-state index in [-0.39, 0.29) is 83.0 Å². The molecule has 4 aromatic rings. The van der Waals surface area contributed by atoms with Crippen LogP contribution >= 0.6 is 0 Å². The summed E-state index contributed by atoms with van der Waals surface area (Å²) < 4.78 is 0. The van der Waals surface area contributed by atoms with Gasteiger partial charge in [0.15, 0.2) is 11.9 Å². The van der Waals surface area contributed by atoms with Gasteiger partial charge in [0.05, 0.1) is 0 Å². The molecule has 360 valence electrons. The van der Waals surface area contributed by atoms with E-state index >= 15 is 4.79 Å². The van der Waals surface area contributed by atoms with Crippen molar-refractivity contribution in [3.63, 3.8) is 0 Å². The number of hydrogen-bond acceptors (Lipinski definition) is 9. The quantitative estimate of drug-likeness (QED) is 0.0454. The van der Waals surface area contributed by atoms with E-state index in [0.717, 1.165) is 22.0 Å². The Labute approximate surface area is 394 Å². The van der Waals surface area contributed by atoms with Crippen molar-refractivity contribution in [3.05, 3.63) is 107 Å². The molecule has 0 spiro atoms. The predicted molar refractivity (Wildman–Crippen MR) is 257 cm³/mol. The maximum atomic E-state index is 15.0. The number of guanidine groups is 2. The molecular formula is C48H62N14O6. The van der Waals surface area contributed by atoms with Gasteiger partial charge in [0.2, 0.25) is 35.4 Å². The van der Waals surface area contributed by atoms with Crippen LogP contribution in [0, 0.1) is 0 Å². The third-order valence-electron chi connectivity index (χ3n) is 12.8. The Kier molecular flexibility index (Phi) is 15.9. The van der Waals surface area contributed by atoms with Crippen LogP contribution in [0.25, 0.3) is 10.9 Å². The Morgan fingerprint density at radius 3 is 1.90 bits per heavy atom. The molecule has 0 bridgehead atoms. The zero-order valence-corrected chi connectivity index (χ0v) is 37.9. The minimum Gasteiger partial charge on any atom is -0.370 e. The van der Waals surface area contributed by atoms with E-state index in [9.17, 15) is 24.0 Å². The van der Waals surface area contributed by atoms with Gasteiger partial charge in [-0.05, 0) is 66.8 Å². The van der Waals surface area contributed by atoms with Crippen LogP contribution in [0.5, 0.6) is 0 Å². The van der Waals surface area contributed by atoms with Gasteiger partial charge in [-0.25, -0.2) is 0 Å². The minimum absolute atomic E-state index is 0.00398. The number of nitrogens with one attached hydrogen (secondary N) is 5. The number of rotatable bonds is 13. The van der Waals surface area contributed by atoms with Crippen LogP contribution < -0.4 is 49.9 Å². The second kappa shape index (κ2) is 22.3. The highest BCUT2D eigenvalue weighted by Crippen LogP contribution is 2.29. The standard InChI is InChI=1S/C48H62N14O6/c49-32-24-40-46(68)61-26-30-14-5-4-13-29(30)23-39(61)44(66)57-35(18-10-20-55-48(52)53)41(63)59-37(21-28-11-2-1-3-12-28)42(64)60-38(22-31-25-56-34-16-7-6-15-33(31)34)43(65)58-36(45(67)62(40)27-32)17-8-9-19-54-47(50)51/h1-7,11-16,25,32,35-40,56H,8-10,17-24,26-27,49H2,(H,57,66)(H,58,65)(H,59,63)(H,60,64)(H4,50,51,54)(H4,52,53,55)/t32-,35+,36+,37-,38+,39+,40-/m1/s1. The first-order chi connectivity index (χ1) is 32.7. The molecular weight excluding hydrogens is 869 g/mol. The fourth-order valence-electron chi connectivity index (χ4n) is 9.30. The highest BCUT2D eigenvalue weighted by atomic mass is 16.2. The summed E-state index contributed by atoms with van der Waals surface area (Å²) in [5.74, 6) is -3.89. The molecule has 2 fully saturated rings. The Morgan fingerprint density at radius 2 is 1.18 bits per heavy atom.